The largest absolute Gasteiger partial charge is 0.393 e. The van der Waals surface area contributed by atoms with Crippen molar-refractivity contribution in [2.45, 2.75) is 78.2 Å². The highest BCUT2D eigenvalue weighted by Crippen LogP contribution is 2.67. The van der Waals surface area contributed by atoms with E-state index in [1.165, 1.54) is 45.1 Å². The molecule has 3 saturated carbocycles. The van der Waals surface area contributed by atoms with Gasteiger partial charge in [-0.15, -0.1) is 0 Å². The summed E-state index contributed by atoms with van der Waals surface area (Å²) in [5, 5.41) is 10.3. The maximum absolute atomic E-state index is 12.9. The molecule has 4 nitrogen and oxygen atoms in total. The molecule has 0 radical (unpaired) electrons. The van der Waals surface area contributed by atoms with Gasteiger partial charge in [0.25, 0.3) is 5.91 Å². The summed E-state index contributed by atoms with van der Waals surface area (Å²) in [4.78, 5) is 17.5. The second kappa shape index (κ2) is 9.83. The lowest BCUT2D eigenvalue weighted by Gasteiger charge is -2.58. The molecule has 0 bridgehead atoms. The summed E-state index contributed by atoms with van der Waals surface area (Å²) >= 11 is 0. The number of amides is 1. The minimum absolute atomic E-state index is 0.111. The zero-order valence-electron chi connectivity index (χ0n) is 23.4. The normalized spacial score (nSPS) is 40.8. The summed E-state index contributed by atoms with van der Waals surface area (Å²) in [7, 11) is 0. The predicted molar refractivity (Wildman–Crippen MR) is 149 cm³/mol. The van der Waals surface area contributed by atoms with Crippen molar-refractivity contribution in [3.05, 3.63) is 47.5 Å². The second-order valence-corrected chi connectivity index (χ2v) is 13.8. The number of carbonyl (C=O) groups is 1. The number of benzene rings is 1. The number of aliphatic hydroxyl groups excluding tert-OH is 1. The Balaban J connectivity index is 1.08. The molecule has 202 valence electrons. The second-order valence-electron chi connectivity index (χ2n) is 13.8. The minimum atomic E-state index is -0.111. The van der Waals surface area contributed by atoms with E-state index in [2.05, 4.69) is 31.7 Å². The summed E-state index contributed by atoms with van der Waals surface area (Å²) in [6.45, 7) is 12.6. The molecule has 1 N–H and O–H groups in total. The van der Waals surface area contributed by atoms with Crippen molar-refractivity contribution in [1.29, 1.82) is 0 Å². The molecule has 1 saturated heterocycles. The van der Waals surface area contributed by atoms with E-state index in [1.807, 2.05) is 35.2 Å². The van der Waals surface area contributed by atoms with Gasteiger partial charge in [0.15, 0.2) is 0 Å². The van der Waals surface area contributed by atoms with Crippen LogP contribution >= 0.6 is 0 Å². The lowest BCUT2D eigenvalue weighted by Crippen LogP contribution is -2.52. The maximum atomic E-state index is 12.9. The molecule has 1 heterocycles. The smallest absolute Gasteiger partial charge is 0.253 e. The van der Waals surface area contributed by atoms with E-state index in [4.69, 9.17) is 0 Å². The van der Waals surface area contributed by atoms with Crippen LogP contribution in [-0.4, -0.2) is 59.6 Å². The topological polar surface area (TPSA) is 43.8 Å². The highest BCUT2D eigenvalue weighted by Gasteiger charge is 2.59. The Hall–Kier alpha value is -1.65. The first kappa shape index (κ1) is 25.6. The Labute approximate surface area is 224 Å². The van der Waals surface area contributed by atoms with Crippen LogP contribution in [0.25, 0.3) is 0 Å². The van der Waals surface area contributed by atoms with Crippen LogP contribution in [-0.2, 0) is 0 Å². The number of piperazine rings is 1. The molecule has 0 aromatic heterocycles. The highest BCUT2D eigenvalue weighted by molar-refractivity contribution is 5.94. The fourth-order valence-corrected chi connectivity index (χ4v) is 10.0. The molecule has 1 aromatic rings. The zero-order valence-corrected chi connectivity index (χ0v) is 23.4. The van der Waals surface area contributed by atoms with Crippen molar-refractivity contribution in [3.63, 3.8) is 0 Å². The molecule has 4 fully saturated rings. The monoisotopic (exact) mass is 504 g/mol. The molecule has 4 heteroatoms. The zero-order chi connectivity index (χ0) is 25.8. The maximum Gasteiger partial charge on any atom is 0.253 e. The average molecular weight is 505 g/mol. The van der Waals surface area contributed by atoms with Crippen LogP contribution < -0.4 is 0 Å². The van der Waals surface area contributed by atoms with Gasteiger partial charge in [-0.2, -0.15) is 0 Å². The molecule has 1 amide bonds. The van der Waals surface area contributed by atoms with Gasteiger partial charge in [0, 0.05) is 38.3 Å². The van der Waals surface area contributed by atoms with Gasteiger partial charge < -0.3 is 10.0 Å². The molecule has 0 spiro atoms. The van der Waals surface area contributed by atoms with Crippen molar-refractivity contribution in [2.24, 2.45) is 40.4 Å². The van der Waals surface area contributed by atoms with Gasteiger partial charge in [-0.25, -0.2) is 0 Å². The van der Waals surface area contributed by atoms with Crippen LogP contribution in [0.5, 0.6) is 0 Å². The first-order valence-corrected chi connectivity index (χ1v) is 15.2. The number of fused-ring (bicyclic) bond motifs is 5. The van der Waals surface area contributed by atoms with Crippen LogP contribution in [0.4, 0.5) is 0 Å². The Morgan fingerprint density at radius 2 is 1.76 bits per heavy atom. The van der Waals surface area contributed by atoms with E-state index >= 15 is 0 Å². The van der Waals surface area contributed by atoms with Gasteiger partial charge >= 0.3 is 0 Å². The van der Waals surface area contributed by atoms with E-state index in [9.17, 15) is 9.90 Å². The fourth-order valence-electron chi connectivity index (χ4n) is 10.0. The molecule has 6 rings (SSSR count). The van der Waals surface area contributed by atoms with Gasteiger partial charge in [-0.1, -0.05) is 50.6 Å². The van der Waals surface area contributed by atoms with Crippen molar-refractivity contribution in [2.75, 3.05) is 32.7 Å². The van der Waals surface area contributed by atoms with E-state index in [-0.39, 0.29) is 12.0 Å². The third-order valence-electron chi connectivity index (χ3n) is 12.1. The quantitative estimate of drug-likeness (QED) is 0.510. The van der Waals surface area contributed by atoms with Crippen molar-refractivity contribution in [1.82, 2.24) is 9.80 Å². The lowest BCUT2D eigenvalue weighted by atomic mass is 9.47. The summed E-state index contributed by atoms with van der Waals surface area (Å²) in [6, 6.07) is 9.75. The standard InChI is InChI=1S/C33H48N2O2/c1-23(22-34-17-19-35(20-18-34)31(37)24-7-5-4-6-8-24)28-11-12-29-27-10-9-25-21-26(36)13-15-32(25,2)30(27)14-16-33(28,29)3/h4-9,23,26-30,36H,10-22H2,1-3H3/t23-,26+,27+,28-,29+,30+,32+,33-/m1/s1. The van der Waals surface area contributed by atoms with E-state index in [0.29, 0.717) is 16.7 Å². The highest BCUT2D eigenvalue weighted by atomic mass is 16.3. The SMILES string of the molecule is C[C@H](CN1CCN(C(=O)c2ccccc2)CC1)[C@H]1CC[C@H]2[C@@H]3CC=C4C[C@@H](O)CC[C@]4(C)[C@H]3CC[C@]12C. The molecule has 5 aliphatic rings. The molecule has 1 aliphatic heterocycles. The Morgan fingerprint density at radius 1 is 1.00 bits per heavy atom. The minimum Gasteiger partial charge on any atom is -0.393 e. The fraction of sp³-hybridized carbons (Fsp3) is 0.727. The van der Waals surface area contributed by atoms with E-state index in [0.717, 1.165) is 68.3 Å². The van der Waals surface area contributed by atoms with Crippen LogP contribution in [0.3, 0.4) is 0 Å². The van der Waals surface area contributed by atoms with Crippen LogP contribution in [0.1, 0.15) is 82.5 Å². The van der Waals surface area contributed by atoms with Crippen LogP contribution in [0, 0.1) is 40.4 Å². The first-order chi connectivity index (χ1) is 17.8. The number of aliphatic hydroxyl groups is 1. The summed E-state index contributed by atoms with van der Waals surface area (Å²) < 4.78 is 0. The number of nitrogens with zero attached hydrogens (tertiary/aromatic N) is 2. The molecule has 1 aromatic carbocycles. The van der Waals surface area contributed by atoms with Gasteiger partial charge in [-0.05, 0) is 104 Å². The third kappa shape index (κ3) is 4.40. The summed E-state index contributed by atoms with van der Waals surface area (Å²) in [5.41, 5.74) is 3.21. The van der Waals surface area contributed by atoms with Crippen molar-refractivity contribution >= 4 is 5.91 Å². The van der Waals surface area contributed by atoms with Gasteiger partial charge in [0.1, 0.15) is 0 Å². The van der Waals surface area contributed by atoms with Gasteiger partial charge in [-0.3, -0.25) is 9.69 Å². The molecule has 4 aliphatic carbocycles. The van der Waals surface area contributed by atoms with E-state index < -0.39 is 0 Å². The Kier molecular flexibility index (Phi) is 6.80. The van der Waals surface area contributed by atoms with E-state index in [1.54, 1.807) is 5.57 Å². The van der Waals surface area contributed by atoms with Crippen molar-refractivity contribution < 1.29 is 9.90 Å². The van der Waals surface area contributed by atoms with Crippen LogP contribution in [0.2, 0.25) is 0 Å². The number of rotatable bonds is 4. The number of carbonyl (C=O) groups excluding carboxylic acids is 1. The number of hydrogen-bond donors (Lipinski definition) is 1. The van der Waals surface area contributed by atoms with Gasteiger partial charge in [0.2, 0.25) is 0 Å². The lowest BCUT2D eigenvalue weighted by molar-refractivity contribution is -0.0590. The number of hydrogen-bond acceptors (Lipinski definition) is 3. The summed E-state index contributed by atoms with van der Waals surface area (Å²) in [5.74, 6) is 4.23. The van der Waals surface area contributed by atoms with Gasteiger partial charge in [0.05, 0.1) is 6.10 Å². The molecule has 8 atom stereocenters. The first-order valence-electron chi connectivity index (χ1n) is 15.2. The average Bonchev–Trinajstić information content (AvgIpc) is 3.27. The van der Waals surface area contributed by atoms with Crippen LogP contribution in [0.15, 0.2) is 42.0 Å². The van der Waals surface area contributed by atoms with Crippen molar-refractivity contribution in [3.8, 4) is 0 Å². The summed E-state index contributed by atoms with van der Waals surface area (Å²) in [6.07, 6.45) is 12.4. The molecular weight excluding hydrogens is 456 g/mol. The third-order valence-corrected chi connectivity index (χ3v) is 12.1. The molecule has 0 unspecified atom stereocenters. The molecule has 37 heavy (non-hydrogen) atoms. The Bertz CT molecular complexity index is 1010. The Morgan fingerprint density at radius 3 is 2.51 bits per heavy atom. The predicted octanol–water partition coefficient (Wildman–Crippen LogP) is 6.02. The number of allylic oxidation sites excluding steroid dienone is 1. The molecular formula is C33H48N2O2.